The first-order valence-electron chi connectivity index (χ1n) is 13.7. The number of benzene rings is 2. The van der Waals surface area contributed by atoms with Crippen LogP contribution in [0.1, 0.15) is 21.5 Å². The van der Waals surface area contributed by atoms with Gasteiger partial charge in [-0.1, -0.05) is 18.2 Å². The molecule has 6 rings (SSSR count). The van der Waals surface area contributed by atoms with Crippen molar-refractivity contribution in [3.63, 3.8) is 0 Å². The number of aromatic amines is 1. The van der Waals surface area contributed by atoms with E-state index in [1.165, 1.54) is 16.8 Å². The molecule has 0 atom stereocenters. The molecular weight excluding hydrogens is 498 g/mol. The van der Waals surface area contributed by atoms with Gasteiger partial charge in [0.05, 0.1) is 6.20 Å². The van der Waals surface area contributed by atoms with Crippen LogP contribution in [0.5, 0.6) is 0 Å². The number of aryl methyl sites for hydroxylation is 1. The van der Waals surface area contributed by atoms with E-state index >= 15 is 0 Å². The molecule has 0 bridgehead atoms. The summed E-state index contributed by atoms with van der Waals surface area (Å²) < 4.78 is 1.86. The first kappa shape index (κ1) is 25.8. The van der Waals surface area contributed by atoms with Gasteiger partial charge < -0.3 is 19.7 Å². The van der Waals surface area contributed by atoms with E-state index in [0.717, 1.165) is 65.9 Å². The molecule has 0 unspecified atom stereocenters. The number of H-pyrrole nitrogens is 1. The van der Waals surface area contributed by atoms with Crippen molar-refractivity contribution < 1.29 is 4.79 Å². The van der Waals surface area contributed by atoms with Crippen molar-refractivity contribution in [2.24, 2.45) is 7.05 Å². The Labute approximate surface area is 234 Å². The van der Waals surface area contributed by atoms with E-state index in [1.807, 2.05) is 54.6 Å². The largest absolute Gasteiger partial charge is 0.369 e. The van der Waals surface area contributed by atoms with Gasteiger partial charge in [0, 0.05) is 100 Å². The van der Waals surface area contributed by atoms with Crippen molar-refractivity contribution in [2.45, 2.75) is 6.42 Å². The zero-order valence-corrected chi connectivity index (χ0v) is 23.6. The summed E-state index contributed by atoms with van der Waals surface area (Å²) in [5.74, 6) is -0.00321. The minimum atomic E-state index is -0.00321. The van der Waals surface area contributed by atoms with Crippen LogP contribution >= 0.6 is 0 Å². The van der Waals surface area contributed by atoms with E-state index in [-0.39, 0.29) is 5.91 Å². The molecule has 5 aromatic rings. The SMILES string of the molecule is CN1CCN(c2ccc(-c3cnc4[nH]cc(-c5ccc(C(=O)N(C)C)cc5)c4c3)cc2Cc2cnn(C)c2)CC1. The van der Waals surface area contributed by atoms with Gasteiger partial charge in [0.25, 0.3) is 5.91 Å². The molecule has 40 heavy (non-hydrogen) atoms. The molecule has 0 aliphatic carbocycles. The quantitative estimate of drug-likeness (QED) is 0.343. The fraction of sp³-hybridized carbons (Fsp3) is 0.281. The monoisotopic (exact) mass is 533 g/mol. The van der Waals surface area contributed by atoms with E-state index in [0.29, 0.717) is 5.56 Å². The number of aromatic nitrogens is 4. The molecule has 0 saturated carbocycles. The van der Waals surface area contributed by atoms with E-state index in [2.05, 4.69) is 57.4 Å². The highest BCUT2D eigenvalue weighted by Crippen LogP contribution is 2.34. The Morgan fingerprint density at radius 3 is 2.38 bits per heavy atom. The van der Waals surface area contributed by atoms with Crippen molar-refractivity contribution >= 4 is 22.6 Å². The summed E-state index contributed by atoms with van der Waals surface area (Å²) in [6, 6.07) is 16.8. The van der Waals surface area contributed by atoms with E-state index in [4.69, 9.17) is 4.98 Å². The molecule has 1 saturated heterocycles. The molecule has 204 valence electrons. The summed E-state index contributed by atoms with van der Waals surface area (Å²) >= 11 is 0. The lowest BCUT2D eigenvalue weighted by molar-refractivity contribution is 0.0827. The molecule has 1 aliphatic rings. The summed E-state index contributed by atoms with van der Waals surface area (Å²) in [5, 5.41) is 5.45. The Hall–Kier alpha value is -4.43. The van der Waals surface area contributed by atoms with Crippen LogP contribution in [0.15, 0.2) is 73.3 Å². The molecule has 8 nitrogen and oxygen atoms in total. The first-order valence-corrected chi connectivity index (χ1v) is 13.7. The van der Waals surface area contributed by atoms with Gasteiger partial charge in [-0.3, -0.25) is 9.48 Å². The molecule has 1 fully saturated rings. The number of carbonyl (C=O) groups excluding carboxylic acids is 1. The van der Waals surface area contributed by atoms with Gasteiger partial charge in [0.2, 0.25) is 0 Å². The van der Waals surface area contributed by atoms with Crippen molar-refractivity contribution in [3.05, 3.63) is 90.0 Å². The summed E-state index contributed by atoms with van der Waals surface area (Å²) in [5.41, 5.74) is 9.64. The van der Waals surface area contributed by atoms with Crippen LogP contribution < -0.4 is 4.90 Å². The maximum absolute atomic E-state index is 12.3. The number of piperazine rings is 1. The van der Waals surface area contributed by atoms with Gasteiger partial charge in [-0.15, -0.1) is 0 Å². The fourth-order valence-corrected chi connectivity index (χ4v) is 5.50. The summed E-state index contributed by atoms with van der Waals surface area (Å²) in [6.45, 7) is 4.18. The van der Waals surface area contributed by atoms with Gasteiger partial charge in [-0.05, 0) is 59.6 Å². The normalized spacial score (nSPS) is 14.2. The van der Waals surface area contributed by atoms with E-state index in [1.54, 1.807) is 19.0 Å². The lowest BCUT2D eigenvalue weighted by Gasteiger charge is -2.35. The number of pyridine rings is 1. The average Bonchev–Trinajstić information content (AvgIpc) is 3.58. The van der Waals surface area contributed by atoms with Crippen LogP contribution in [-0.2, 0) is 13.5 Å². The molecule has 0 radical (unpaired) electrons. The van der Waals surface area contributed by atoms with Crippen molar-refractivity contribution in [2.75, 3.05) is 52.2 Å². The van der Waals surface area contributed by atoms with Gasteiger partial charge in [-0.2, -0.15) is 5.10 Å². The highest BCUT2D eigenvalue weighted by molar-refractivity contribution is 5.98. The molecular formula is C32H35N7O. The van der Waals surface area contributed by atoms with Crippen LogP contribution in [-0.4, -0.2) is 82.8 Å². The number of amides is 1. The second-order valence-electron chi connectivity index (χ2n) is 10.9. The average molecular weight is 534 g/mol. The number of likely N-dealkylation sites (N-methyl/N-ethyl adjacent to an activating group) is 1. The van der Waals surface area contributed by atoms with Crippen molar-refractivity contribution in [1.29, 1.82) is 0 Å². The highest BCUT2D eigenvalue weighted by Gasteiger charge is 2.19. The fourth-order valence-electron chi connectivity index (χ4n) is 5.50. The first-order chi connectivity index (χ1) is 19.4. The summed E-state index contributed by atoms with van der Waals surface area (Å²) in [7, 11) is 7.68. The number of hydrogen-bond donors (Lipinski definition) is 1. The maximum Gasteiger partial charge on any atom is 0.253 e. The topological polar surface area (TPSA) is 73.3 Å². The zero-order chi connectivity index (χ0) is 27.8. The van der Waals surface area contributed by atoms with Crippen LogP contribution in [0.4, 0.5) is 5.69 Å². The van der Waals surface area contributed by atoms with Crippen LogP contribution in [0, 0.1) is 0 Å². The highest BCUT2D eigenvalue weighted by atomic mass is 16.2. The third-order valence-electron chi connectivity index (χ3n) is 7.79. The Balaban J connectivity index is 1.36. The molecule has 8 heteroatoms. The van der Waals surface area contributed by atoms with Crippen molar-refractivity contribution in [3.8, 4) is 22.3 Å². The summed E-state index contributed by atoms with van der Waals surface area (Å²) in [6.07, 6.45) is 8.82. The van der Waals surface area contributed by atoms with Crippen LogP contribution in [0.25, 0.3) is 33.3 Å². The third-order valence-corrected chi connectivity index (χ3v) is 7.79. The molecule has 1 amide bonds. The van der Waals surface area contributed by atoms with Crippen LogP contribution in [0.3, 0.4) is 0 Å². The van der Waals surface area contributed by atoms with Gasteiger partial charge in [0.15, 0.2) is 0 Å². The predicted molar refractivity (Wildman–Crippen MR) is 161 cm³/mol. The lowest BCUT2D eigenvalue weighted by atomic mass is 9.97. The minimum absolute atomic E-state index is 0.00321. The minimum Gasteiger partial charge on any atom is -0.369 e. The Morgan fingerprint density at radius 2 is 1.68 bits per heavy atom. The Bertz CT molecular complexity index is 1660. The molecule has 0 spiro atoms. The molecule has 3 aromatic heterocycles. The zero-order valence-electron chi connectivity index (χ0n) is 23.6. The number of fused-ring (bicyclic) bond motifs is 1. The van der Waals surface area contributed by atoms with Gasteiger partial charge >= 0.3 is 0 Å². The molecule has 4 heterocycles. The van der Waals surface area contributed by atoms with Crippen molar-refractivity contribution in [1.82, 2.24) is 29.5 Å². The number of nitrogens with zero attached hydrogens (tertiary/aromatic N) is 6. The predicted octanol–water partition coefficient (Wildman–Crippen LogP) is 4.67. The standard InChI is InChI=1S/C32H35N7O/c1-36(2)32(40)24-7-5-23(6-8-24)29-20-34-31-28(29)17-27(19-33-31)25-9-10-30(39-13-11-37(3)12-14-39)26(16-25)15-22-18-35-38(4)21-22/h5-10,16-21H,11-15H2,1-4H3,(H,33,34). The smallest absolute Gasteiger partial charge is 0.253 e. The second kappa shape index (κ2) is 10.6. The van der Waals surface area contributed by atoms with Gasteiger partial charge in [0.1, 0.15) is 5.65 Å². The molecule has 2 aromatic carbocycles. The van der Waals surface area contributed by atoms with Gasteiger partial charge in [-0.25, -0.2) is 4.98 Å². The number of hydrogen-bond acceptors (Lipinski definition) is 5. The maximum atomic E-state index is 12.3. The van der Waals surface area contributed by atoms with E-state index in [9.17, 15) is 4.79 Å². The van der Waals surface area contributed by atoms with E-state index < -0.39 is 0 Å². The number of carbonyl (C=O) groups is 1. The van der Waals surface area contributed by atoms with Crippen LogP contribution in [0.2, 0.25) is 0 Å². The summed E-state index contributed by atoms with van der Waals surface area (Å²) in [4.78, 5) is 26.9. The second-order valence-corrected chi connectivity index (χ2v) is 10.9. The molecule has 1 N–H and O–H groups in total. The number of anilines is 1. The Morgan fingerprint density at radius 1 is 0.925 bits per heavy atom. The molecule has 1 aliphatic heterocycles. The third kappa shape index (κ3) is 5.10. The Kier molecular flexibility index (Phi) is 6.86. The lowest BCUT2D eigenvalue weighted by Crippen LogP contribution is -2.44. The number of nitrogens with one attached hydrogen (secondary N) is 1. The number of rotatable bonds is 6.